The summed E-state index contributed by atoms with van der Waals surface area (Å²) in [5.41, 5.74) is -0.978. The fourth-order valence-corrected chi connectivity index (χ4v) is 3.86. The van der Waals surface area contributed by atoms with Gasteiger partial charge in [0, 0.05) is 17.6 Å². The number of hydrogen-bond donors (Lipinski definition) is 1. The minimum Gasteiger partial charge on any atom is -0.458 e. The van der Waals surface area contributed by atoms with Crippen LogP contribution in [0.2, 0.25) is 0 Å². The predicted octanol–water partition coefficient (Wildman–Crippen LogP) is 2.62. The van der Waals surface area contributed by atoms with Crippen LogP contribution in [-0.4, -0.2) is 41.2 Å². The summed E-state index contributed by atoms with van der Waals surface area (Å²) in [6.45, 7) is 5.46. The van der Waals surface area contributed by atoms with Gasteiger partial charge in [-0.05, 0) is 51.1 Å². The summed E-state index contributed by atoms with van der Waals surface area (Å²) < 4.78 is 5.78. The van der Waals surface area contributed by atoms with Crippen LogP contribution < -0.4 is 0 Å². The Kier molecular flexibility index (Phi) is 4.99. The van der Waals surface area contributed by atoms with Crippen LogP contribution >= 0.6 is 0 Å². The van der Waals surface area contributed by atoms with Gasteiger partial charge < -0.3 is 9.84 Å². The maximum atomic E-state index is 12.9. The molecule has 132 valence electrons. The number of ether oxygens (including phenoxy) is 1. The molecule has 0 radical (unpaired) electrons. The first-order chi connectivity index (χ1) is 11.9. The van der Waals surface area contributed by atoms with Gasteiger partial charge in [0.2, 0.25) is 0 Å². The van der Waals surface area contributed by atoms with Crippen molar-refractivity contribution in [1.82, 2.24) is 4.90 Å². The standard InChI is InChI=1S/C21H25NO3/c1-15(2)13-14-21(24,16-7-5-4-6-8-16)20(23)25-19-12-10-17-9-11-18(19)22(17)3/h4-8,17-19,24H,1,9-12H2,2-3H3. The molecule has 4 nitrogen and oxygen atoms in total. The Morgan fingerprint density at radius 3 is 2.64 bits per heavy atom. The van der Waals surface area contributed by atoms with Crippen LogP contribution in [0.3, 0.4) is 0 Å². The van der Waals surface area contributed by atoms with Crippen molar-refractivity contribution in [2.24, 2.45) is 0 Å². The number of piperidine rings is 1. The van der Waals surface area contributed by atoms with Crippen LogP contribution in [-0.2, 0) is 15.1 Å². The average Bonchev–Trinajstić information content (AvgIpc) is 2.84. The number of nitrogens with zero attached hydrogens (tertiary/aromatic N) is 1. The molecule has 4 unspecified atom stereocenters. The van der Waals surface area contributed by atoms with Gasteiger partial charge in [-0.1, -0.05) is 42.8 Å². The fraction of sp³-hybridized carbons (Fsp3) is 0.476. The molecule has 2 aliphatic heterocycles. The maximum Gasteiger partial charge on any atom is 0.356 e. The Morgan fingerprint density at radius 1 is 1.28 bits per heavy atom. The van der Waals surface area contributed by atoms with Gasteiger partial charge in [0.05, 0.1) is 0 Å². The van der Waals surface area contributed by atoms with Gasteiger partial charge in [0.15, 0.2) is 0 Å². The summed E-state index contributed by atoms with van der Waals surface area (Å²) in [6, 6.07) is 9.57. The van der Waals surface area contributed by atoms with E-state index in [1.807, 2.05) is 6.07 Å². The summed E-state index contributed by atoms with van der Waals surface area (Å²) in [6.07, 6.45) is 3.84. The van der Waals surface area contributed by atoms with Crippen molar-refractivity contribution in [3.8, 4) is 11.8 Å². The highest BCUT2D eigenvalue weighted by molar-refractivity contribution is 5.85. The number of aliphatic hydroxyl groups is 1. The van der Waals surface area contributed by atoms with Crippen molar-refractivity contribution in [1.29, 1.82) is 0 Å². The van der Waals surface area contributed by atoms with E-state index in [0.717, 1.165) is 25.7 Å². The van der Waals surface area contributed by atoms with Crippen LogP contribution in [0.1, 0.15) is 38.2 Å². The van der Waals surface area contributed by atoms with E-state index < -0.39 is 11.6 Å². The van der Waals surface area contributed by atoms with Crippen molar-refractivity contribution in [2.45, 2.75) is 56.4 Å². The highest BCUT2D eigenvalue weighted by atomic mass is 16.6. The molecule has 0 spiro atoms. The highest BCUT2D eigenvalue weighted by Gasteiger charge is 2.45. The molecule has 25 heavy (non-hydrogen) atoms. The first-order valence-electron chi connectivity index (χ1n) is 8.81. The van der Waals surface area contributed by atoms with E-state index >= 15 is 0 Å². The van der Waals surface area contributed by atoms with Crippen molar-refractivity contribution in [3.63, 3.8) is 0 Å². The smallest absolute Gasteiger partial charge is 0.356 e. The first-order valence-corrected chi connectivity index (χ1v) is 8.81. The monoisotopic (exact) mass is 339 g/mol. The molecule has 1 aromatic rings. The molecule has 0 saturated carbocycles. The largest absolute Gasteiger partial charge is 0.458 e. The minimum absolute atomic E-state index is 0.196. The Bertz CT molecular complexity index is 718. The van der Waals surface area contributed by atoms with Gasteiger partial charge in [-0.2, -0.15) is 0 Å². The van der Waals surface area contributed by atoms with Crippen molar-refractivity contribution in [3.05, 3.63) is 48.0 Å². The Morgan fingerprint density at radius 2 is 1.96 bits per heavy atom. The van der Waals surface area contributed by atoms with Gasteiger partial charge >= 0.3 is 5.97 Å². The number of allylic oxidation sites excluding steroid dienone is 1. The summed E-state index contributed by atoms with van der Waals surface area (Å²) in [5, 5.41) is 11.1. The number of carbonyl (C=O) groups excluding carboxylic acids is 1. The molecule has 4 heteroatoms. The number of esters is 1. The zero-order chi connectivity index (χ0) is 18.0. The van der Waals surface area contributed by atoms with Crippen LogP contribution in [0.4, 0.5) is 0 Å². The van der Waals surface area contributed by atoms with Crippen molar-refractivity contribution < 1.29 is 14.6 Å². The second kappa shape index (κ2) is 7.03. The molecule has 2 saturated heterocycles. The van der Waals surface area contributed by atoms with E-state index in [-0.39, 0.29) is 12.1 Å². The third kappa shape index (κ3) is 3.49. The van der Waals surface area contributed by atoms with Gasteiger partial charge in [-0.3, -0.25) is 4.90 Å². The number of fused-ring (bicyclic) bond motifs is 2. The van der Waals surface area contributed by atoms with Gasteiger partial charge in [0.25, 0.3) is 5.60 Å². The van der Waals surface area contributed by atoms with E-state index in [2.05, 4.69) is 30.4 Å². The number of rotatable bonds is 3. The predicted molar refractivity (Wildman–Crippen MR) is 96.6 cm³/mol. The molecule has 2 bridgehead atoms. The summed E-state index contributed by atoms with van der Waals surface area (Å²) >= 11 is 0. The molecular weight excluding hydrogens is 314 g/mol. The molecule has 0 amide bonds. The lowest BCUT2D eigenvalue weighted by atomic mass is 9.93. The maximum absolute atomic E-state index is 12.9. The van der Waals surface area contributed by atoms with Gasteiger partial charge in [-0.15, -0.1) is 0 Å². The molecule has 1 aromatic carbocycles. The third-order valence-corrected chi connectivity index (χ3v) is 5.31. The SMILES string of the molecule is C=C(C)C#CC(O)(C(=O)OC1CCC2CCC1N2C)c1ccccc1. The van der Waals surface area contributed by atoms with Crippen molar-refractivity contribution >= 4 is 5.97 Å². The molecule has 1 N–H and O–H groups in total. The number of carbonyl (C=O) groups is 1. The Balaban J connectivity index is 1.85. The van der Waals surface area contributed by atoms with E-state index in [1.54, 1.807) is 31.2 Å². The van der Waals surface area contributed by atoms with E-state index in [1.165, 1.54) is 0 Å². The summed E-state index contributed by atoms with van der Waals surface area (Å²) in [7, 11) is 2.09. The van der Waals surface area contributed by atoms with E-state index in [0.29, 0.717) is 17.2 Å². The van der Waals surface area contributed by atoms with Gasteiger partial charge in [0.1, 0.15) is 6.10 Å². The zero-order valence-corrected chi connectivity index (χ0v) is 14.9. The molecular formula is C21H25NO3. The van der Waals surface area contributed by atoms with E-state index in [9.17, 15) is 9.90 Å². The van der Waals surface area contributed by atoms with E-state index in [4.69, 9.17) is 4.74 Å². The number of likely N-dealkylation sites (N-methyl/N-ethyl adjacent to an activating group) is 1. The highest BCUT2D eigenvalue weighted by Crippen LogP contribution is 2.36. The van der Waals surface area contributed by atoms with Crippen molar-refractivity contribution in [2.75, 3.05) is 7.05 Å². The Labute approximate surface area is 149 Å². The average molecular weight is 339 g/mol. The zero-order valence-electron chi connectivity index (χ0n) is 14.9. The molecule has 3 rings (SSSR count). The van der Waals surface area contributed by atoms with Crippen LogP contribution in [0.5, 0.6) is 0 Å². The topological polar surface area (TPSA) is 49.8 Å². The van der Waals surface area contributed by atoms with Gasteiger partial charge in [-0.25, -0.2) is 4.79 Å². The molecule has 2 fully saturated rings. The second-order valence-electron chi connectivity index (χ2n) is 7.09. The quantitative estimate of drug-likeness (QED) is 0.679. The third-order valence-electron chi connectivity index (χ3n) is 5.31. The normalized spacial score (nSPS) is 27.7. The number of hydrogen-bond acceptors (Lipinski definition) is 4. The molecule has 2 aliphatic rings. The fourth-order valence-electron chi connectivity index (χ4n) is 3.86. The lowest BCUT2D eigenvalue weighted by Crippen LogP contribution is -2.49. The summed E-state index contributed by atoms with van der Waals surface area (Å²) in [5.74, 6) is 4.71. The molecule has 0 aromatic heterocycles. The number of benzene rings is 1. The van der Waals surface area contributed by atoms with Crippen LogP contribution in [0, 0.1) is 11.8 Å². The van der Waals surface area contributed by atoms with Crippen LogP contribution in [0.25, 0.3) is 0 Å². The molecule has 2 heterocycles. The first kappa shape index (κ1) is 17.7. The Hall–Kier alpha value is -2.09. The summed E-state index contributed by atoms with van der Waals surface area (Å²) in [4.78, 5) is 15.2. The molecule has 4 atom stereocenters. The lowest BCUT2D eigenvalue weighted by Gasteiger charge is -2.37. The lowest BCUT2D eigenvalue weighted by molar-refractivity contribution is -0.171. The minimum atomic E-state index is -1.98. The molecule has 0 aliphatic carbocycles. The second-order valence-corrected chi connectivity index (χ2v) is 7.09. The van der Waals surface area contributed by atoms with Crippen LogP contribution in [0.15, 0.2) is 42.5 Å².